The van der Waals surface area contributed by atoms with Gasteiger partial charge in [-0.25, -0.2) is 9.18 Å². The number of ether oxygens (including phenoxy) is 1. The molecule has 0 radical (unpaired) electrons. The van der Waals surface area contributed by atoms with E-state index in [2.05, 4.69) is 15.4 Å². The highest BCUT2D eigenvalue weighted by Crippen LogP contribution is 2.15. The van der Waals surface area contributed by atoms with E-state index in [1.807, 2.05) is 0 Å². The highest BCUT2D eigenvalue weighted by molar-refractivity contribution is 5.96. The first kappa shape index (κ1) is 14.1. The largest absolute Gasteiger partial charge is 0.465 e. The van der Waals surface area contributed by atoms with Crippen molar-refractivity contribution in [2.24, 2.45) is 0 Å². The molecule has 0 saturated heterocycles. The minimum absolute atomic E-state index is 0.215. The van der Waals surface area contributed by atoms with Crippen molar-refractivity contribution in [1.82, 2.24) is 5.32 Å². The fourth-order valence-electron chi connectivity index (χ4n) is 1.25. The summed E-state index contributed by atoms with van der Waals surface area (Å²) in [5, 5.41) is 5.33. The van der Waals surface area contributed by atoms with Gasteiger partial charge in [0.05, 0.1) is 18.7 Å². The third kappa shape index (κ3) is 3.27. The first-order chi connectivity index (χ1) is 8.49. The molecule has 1 aromatic carbocycles. The van der Waals surface area contributed by atoms with Gasteiger partial charge in [0.15, 0.2) is 0 Å². The fraction of sp³-hybridized carbons (Fsp3) is 0.333. The number of hydrogen-bond donors (Lipinski definition) is 2. The second kappa shape index (κ2) is 6.11. The van der Waals surface area contributed by atoms with Crippen LogP contribution in [0.3, 0.4) is 0 Å². The molecule has 2 N–H and O–H groups in total. The molecule has 98 valence electrons. The minimum atomic E-state index is -0.787. The van der Waals surface area contributed by atoms with E-state index in [-0.39, 0.29) is 11.5 Å². The molecule has 1 rings (SSSR count). The van der Waals surface area contributed by atoms with Gasteiger partial charge in [0, 0.05) is 5.69 Å². The number of likely N-dealkylation sites (N-methyl/N-ethyl adjacent to an activating group) is 1. The number of carbonyl (C=O) groups is 2. The standard InChI is InChI=1S/C12H15FN2O3/c1-7(14-2)11(16)15-8-4-5-10(13)9(6-8)12(17)18-3/h4-7,14H,1-3H3,(H,15,16). The summed E-state index contributed by atoms with van der Waals surface area (Å²) in [5.41, 5.74) is 0.122. The average molecular weight is 254 g/mol. The van der Waals surface area contributed by atoms with E-state index in [9.17, 15) is 14.0 Å². The molecular formula is C12H15FN2O3. The zero-order valence-corrected chi connectivity index (χ0v) is 10.4. The molecule has 0 bridgehead atoms. The lowest BCUT2D eigenvalue weighted by molar-refractivity contribution is -0.117. The Labute approximate surface area is 104 Å². The molecule has 0 aliphatic rings. The molecule has 5 nitrogen and oxygen atoms in total. The smallest absolute Gasteiger partial charge is 0.340 e. The first-order valence-corrected chi connectivity index (χ1v) is 5.35. The molecule has 0 heterocycles. The zero-order valence-electron chi connectivity index (χ0n) is 10.4. The lowest BCUT2D eigenvalue weighted by Crippen LogP contribution is -2.35. The molecule has 0 fully saturated rings. The average Bonchev–Trinajstić information content (AvgIpc) is 2.38. The lowest BCUT2D eigenvalue weighted by atomic mass is 10.2. The van der Waals surface area contributed by atoms with Crippen molar-refractivity contribution in [1.29, 1.82) is 0 Å². The van der Waals surface area contributed by atoms with Gasteiger partial charge in [-0.1, -0.05) is 0 Å². The number of esters is 1. The summed E-state index contributed by atoms with van der Waals surface area (Å²) in [4.78, 5) is 22.9. The van der Waals surface area contributed by atoms with Crippen molar-refractivity contribution in [3.8, 4) is 0 Å². The predicted molar refractivity (Wildman–Crippen MR) is 64.9 cm³/mol. The summed E-state index contributed by atoms with van der Waals surface area (Å²) in [5.74, 6) is -1.76. The number of anilines is 1. The highest BCUT2D eigenvalue weighted by Gasteiger charge is 2.15. The van der Waals surface area contributed by atoms with Crippen LogP contribution in [-0.2, 0) is 9.53 Å². The van der Waals surface area contributed by atoms with Crippen molar-refractivity contribution < 1.29 is 18.7 Å². The van der Waals surface area contributed by atoms with Crippen LogP contribution in [0.4, 0.5) is 10.1 Å². The molecule has 6 heteroatoms. The maximum Gasteiger partial charge on any atom is 0.340 e. The maximum atomic E-state index is 13.3. The number of amides is 1. The number of halogens is 1. The number of methoxy groups -OCH3 is 1. The Kier molecular flexibility index (Phi) is 4.79. The van der Waals surface area contributed by atoms with Gasteiger partial charge in [-0.2, -0.15) is 0 Å². The highest BCUT2D eigenvalue weighted by atomic mass is 19.1. The van der Waals surface area contributed by atoms with Gasteiger partial charge >= 0.3 is 5.97 Å². The molecule has 0 saturated carbocycles. The molecule has 0 aliphatic heterocycles. The van der Waals surface area contributed by atoms with Gasteiger partial charge in [0.25, 0.3) is 0 Å². The van der Waals surface area contributed by atoms with Crippen LogP contribution in [0, 0.1) is 5.82 Å². The summed E-state index contributed by atoms with van der Waals surface area (Å²) in [6, 6.07) is 3.33. The Morgan fingerprint density at radius 3 is 2.61 bits per heavy atom. The van der Waals surface area contributed by atoms with Crippen LogP contribution in [0.25, 0.3) is 0 Å². The van der Waals surface area contributed by atoms with Gasteiger partial charge in [0.1, 0.15) is 5.82 Å². The van der Waals surface area contributed by atoms with E-state index in [0.29, 0.717) is 5.69 Å². The third-order valence-corrected chi connectivity index (χ3v) is 2.47. The van der Waals surface area contributed by atoms with Crippen molar-refractivity contribution in [3.63, 3.8) is 0 Å². The first-order valence-electron chi connectivity index (χ1n) is 5.35. The van der Waals surface area contributed by atoms with E-state index in [0.717, 1.165) is 13.2 Å². The van der Waals surface area contributed by atoms with E-state index in [4.69, 9.17) is 0 Å². The van der Waals surface area contributed by atoms with Gasteiger partial charge in [0.2, 0.25) is 5.91 Å². The Bertz CT molecular complexity index is 463. The van der Waals surface area contributed by atoms with Crippen molar-refractivity contribution in [2.75, 3.05) is 19.5 Å². The van der Waals surface area contributed by atoms with Gasteiger partial charge in [-0.3, -0.25) is 4.79 Å². The van der Waals surface area contributed by atoms with E-state index >= 15 is 0 Å². The molecule has 0 spiro atoms. The maximum absolute atomic E-state index is 13.3. The van der Waals surface area contributed by atoms with Crippen LogP contribution < -0.4 is 10.6 Å². The molecule has 1 aromatic rings. The van der Waals surface area contributed by atoms with Crippen LogP contribution in [0.15, 0.2) is 18.2 Å². The van der Waals surface area contributed by atoms with Crippen LogP contribution in [0.5, 0.6) is 0 Å². The molecule has 18 heavy (non-hydrogen) atoms. The Morgan fingerprint density at radius 2 is 2.06 bits per heavy atom. The van der Waals surface area contributed by atoms with Gasteiger partial charge in [-0.15, -0.1) is 0 Å². The summed E-state index contributed by atoms with van der Waals surface area (Å²) in [7, 11) is 2.81. The van der Waals surface area contributed by atoms with Crippen LogP contribution in [0.1, 0.15) is 17.3 Å². The van der Waals surface area contributed by atoms with Crippen LogP contribution >= 0.6 is 0 Å². The topological polar surface area (TPSA) is 67.4 Å². The SMILES string of the molecule is CNC(C)C(=O)Nc1ccc(F)c(C(=O)OC)c1. The van der Waals surface area contributed by atoms with Crippen LogP contribution in [0.2, 0.25) is 0 Å². The Balaban J connectivity index is 2.92. The molecular weight excluding hydrogens is 239 g/mol. The molecule has 1 unspecified atom stereocenters. The van der Waals surface area contributed by atoms with Gasteiger partial charge in [-0.05, 0) is 32.2 Å². The predicted octanol–water partition coefficient (Wildman–Crippen LogP) is 1.16. The summed E-state index contributed by atoms with van der Waals surface area (Å²) in [6.45, 7) is 1.68. The molecule has 0 aliphatic carbocycles. The number of benzene rings is 1. The number of hydrogen-bond acceptors (Lipinski definition) is 4. The second-order valence-corrected chi connectivity index (χ2v) is 3.69. The number of carbonyl (C=O) groups excluding carboxylic acids is 2. The second-order valence-electron chi connectivity index (χ2n) is 3.69. The Hall–Kier alpha value is -1.95. The molecule has 1 amide bonds. The van der Waals surface area contributed by atoms with E-state index in [1.165, 1.54) is 12.1 Å². The molecule has 1 atom stereocenters. The molecule has 0 aromatic heterocycles. The van der Waals surface area contributed by atoms with Crippen molar-refractivity contribution >= 4 is 17.6 Å². The van der Waals surface area contributed by atoms with Gasteiger partial charge < -0.3 is 15.4 Å². The monoisotopic (exact) mass is 254 g/mol. The number of nitrogens with one attached hydrogen (secondary N) is 2. The Morgan fingerprint density at radius 1 is 1.39 bits per heavy atom. The zero-order chi connectivity index (χ0) is 13.7. The minimum Gasteiger partial charge on any atom is -0.465 e. The van der Waals surface area contributed by atoms with E-state index < -0.39 is 17.8 Å². The van der Waals surface area contributed by atoms with Crippen molar-refractivity contribution in [3.05, 3.63) is 29.6 Å². The van der Waals surface area contributed by atoms with E-state index in [1.54, 1.807) is 14.0 Å². The quantitative estimate of drug-likeness (QED) is 0.791. The third-order valence-electron chi connectivity index (χ3n) is 2.47. The van der Waals surface area contributed by atoms with Crippen molar-refractivity contribution in [2.45, 2.75) is 13.0 Å². The van der Waals surface area contributed by atoms with Crippen LogP contribution in [-0.4, -0.2) is 32.1 Å². The summed E-state index contributed by atoms with van der Waals surface area (Å²) >= 11 is 0. The normalized spacial score (nSPS) is 11.8. The summed E-state index contributed by atoms with van der Waals surface area (Å²) in [6.07, 6.45) is 0. The fourth-order valence-corrected chi connectivity index (χ4v) is 1.25. The summed E-state index contributed by atoms with van der Waals surface area (Å²) < 4.78 is 17.8. The lowest BCUT2D eigenvalue weighted by Gasteiger charge is -2.11. The number of rotatable bonds is 4.